The van der Waals surface area contributed by atoms with E-state index >= 15 is 0 Å². The van der Waals surface area contributed by atoms with E-state index in [2.05, 4.69) is 10.2 Å². The Kier molecular flexibility index (Phi) is 9.03. The summed E-state index contributed by atoms with van der Waals surface area (Å²) >= 11 is 0. The molecule has 17 heavy (non-hydrogen) atoms. The molecule has 0 aromatic rings. The van der Waals surface area contributed by atoms with Crippen molar-refractivity contribution in [2.45, 2.75) is 39.3 Å². The Bertz CT molecular complexity index is 210. The van der Waals surface area contributed by atoms with Gasteiger partial charge in [-0.1, -0.05) is 0 Å². The number of nitrogens with two attached hydrogens (primary N) is 1. The van der Waals surface area contributed by atoms with E-state index in [4.69, 9.17) is 10.5 Å². The number of nitrogens with one attached hydrogen (secondary N) is 1. The second kappa shape index (κ2) is 9.39. The molecule has 1 atom stereocenters. The second-order valence-corrected chi connectivity index (χ2v) is 4.45. The summed E-state index contributed by atoms with van der Waals surface area (Å²) in [6, 6.07) is 0.0808. The molecule has 5 nitrogen and oxygen atoms in total. The molecule has 0 bridgehead atoms. The summed E-state index contributed by atoms with van der Waals surface area (Å²) in [5, 5.41) is 2.79. The highest BCUT2D eigenvalue weighted by Gasteiger charge is 2.16. The fraction of sp³-hybridized carbons (Fsp3) is 0.917. The molecule has 1 amide bonds. The Morgan fingerprint density at radius 2 is 2.12 bits per heavy atom. The minimum absolute atomic E-state index is 0.0552. The molecule has 0 radical (unpaired) electrons. The van der Waals surface area contributed by atoms with Crippen molar-refractivity contribution in [2.75, 3.05) is 33.3 Å². The molecule has 0 saturated heterocycles. The van der Waals surface area contributed by atoms with Crippen molar-refractivity contribution in [1.82, 2.24) is 10.2 Å². The van der Waals surface area contributed by atoms with Crippen LogP contribution in [-0.4, -0.2) is 56.2 Å². The van der Waals surface area contributed by atoms with Crippen LogP contribution < -0.4 is 11.1 Å². The fourth-order valence-electron chi connectivity index (χ4n) is 1.52. The van der Waals surface area contributed by atoms with Crippen molar-refractivity contribution < 1.29 is 9.53 Å². The van der Waals surface area contributed by atoms with E-state index in [1.165, 1.54) is 0 Å². The summed E-state index contributed by atoms with van der Waals surface area (Å²) in [6.45, 7) is 8.53. The number of rotatable bonds is 9. The van der Waals surface area contributed by atoms with Crippen LogP contribution >= 0.6 is 0 Å². The van der Waals surface area contributed by atoms with Gasteiger partial charge >= 0.3 is 0 Å². The van der Waals surface area contributed by atoms with Crippen LogP contribution in [0.25, 0.3) is 0 Å². The number of hydrogen-bond acceptors (Lipinski definition) is 4. The summed E-state index contributed by atoms with van der Waals surface area (Å²) in [4.78, 5) is 13.6. The van der Waals surface area contributed by atoms with Gasteiger partial charge < -0.3 is 15.8 Å². The van der Waals surface area contributed by atoms with E-state index in [-0.39, 0.29) is 18.1 Å². The minimum atomic E-state index is 0.0552. The van der Waals surface area contributed by atoms with E-state index in [0.29, 0.717) is 26.1 Å². The average molecular weight is 245 g/mol. The van der Waals surface area contributed by atoms with E-state index in [0.717, 1.165) is 6.54 Å². The zero-order chi connectivity index (χ0) is 13.3. The van der Waals surface area contributed by atoms with E-state index < -0.39 is 0 Å². The predicted octanol–water partition coefficient (Wildman–Crippen LogP) is 0.197. The molecule has 0 heterocycles. The highest BCUT2D eigenvalue weighted by molar-refractivity contribution is 5.76. The monoisotopic (exact) mass is 245 g/mol. The van der Waals surface area contributed by atoms with Gasteiger partial charge in [-0.25, -0.2) is 0 Å². The Balaban J connectivity index is 3.94. The number of hydrogen-bond donors (Lipinski definition) is 2. The van der Waals surface area contributed by atoms with Crippen LogP contribution in [0.4, 0.5) is 0 Å². The molecule has 0 aliphatic carbocycles. The van der Waals surface area contributed by atoms with Crippen LogP contribution in [0, 0.1) is 0 Å². The molecule has 0 aliphatic heterocycles. The van der Waals surface area contributed by atoms with Crippen molar-refractivity contribution in [1.29, 1.82) is 0 Å². The standard InChI is InChI=1S/C12H27N3O2/c1-5-14-12(16)8-11(9-13)15(4)6-7-17-10(2)3/h10-11H,5-9,13H2,1-4H3,(H,14,16). The summed E-state index contributed by atoms with van der Waals surface area (Å²) < 4.78 is 5.48. The molecule has 0 saturated carbocycles. The Hall–Kier alpha value is -0.650. The lowest BCUT2D eigenvalue weighted by Gasteiger charge is -2.26. The number of carbonyl (C=O) groups excluding carboxylic acids is 1. The summed E-state index contributed by atoms with van der Waals surface area (Å²) in [7, 11) is 1.97. The van der Waals surface area contributed by atoms with Crippen molar-refractivity contribution in [3.63, 3.8) is 0 Å². The number of likely N-dealkylation sites (N-methyl/N-ethyl adjacent to an activating group) is 1. The molecular weight excluding hydrogens is 218 g/mol. The first-order valence-electron chi connectivity index (χ1n) is 6.29. The minimum Gasteiger partial charge on any atom is -0.377 e. The Morgan fingerprint density at radius 3 is 2.59 bits per heavy atom. The smallest absolute Gasteiger partial charge is 0.221 e. The predicted molar refractivity (Wildman–Crippen MR) is 69.9 cm³/mol. The lowest BCUT2D eigenvalue weighted by molar-refractivity contribution is -0.122. The van der Waals surface area contributed by atoms with Gasteiger partial charge in [0.15, 0.2) is 0 Å². The number of amides is 1. The zero-order valence-corrected chi connectivity index (χ0v) is 11.5. The average Bonchev–Trinajstić information content (AvgIpc) is 2.25. The van der Waals surface area contributed by atoms with Gasteiger partial charge in [0.05, 0.1) is 12.7 Å². The van der Waals surface area contributed by atoms with Crippen LogP contribution in [0.15, 0.2) is 0 Å². The second-order valence-electron chi connectivity index (χ2n) is 4.45. The molecule has 1 unspecified atom stereocenters. The number of nitrogens with zero attached hydrogens (tertiary/aromatic N) is 1. The van der Waals surface area contributed by atoms with Gasteiger partial charge in [0.25, 0.3) is 0 Å². The Morgan fingerprint density at radius 1 is 1.47 bits per heavy atom. The molecule has 0 aromatic carbocycles. The van der Waals surface area contributed by atoms with Gasteiger partial charge in [0.1, 0.15) is 0 Å². The van der Waals surface area contributed by atoms with Crippen LogP contribution in [0.2, 0.25) is 0 Å². The topological polar surface area (TPSA) is 67.6 Å². The summed E-state index contributed by atoms with van der Waals surface area (Å²) in [6.07, 6.45) is 0.686. The van der Waals surface area contributed by atoms with Gasteiger partial charge in [-0.2, -0.15) is 0 Å². The number of ether oxygens (including phenoxy) is 1. The van der Waals surface area contributed by atoms with Crippen LogP contribution in [0.5, 0.6) is 0 Å². The first-order chi connectivity index (χ1) is 8.01. The maximum Gasteiger partial charge on any atom is 0.221 e. The van der Waals surface area contributed by atoms with Crippen molar-refractivity contribution in [3.8, 4) is 0 Å². The third-order valence-corrected chi connectivity index (χ3v) is 2.59. The quantitative estimate of drug-likeness (QED) is 0.609. The highest BCUT2D eigenvalue weighted by atomic mass is 16.5. The van der Waals surface area contributed by atoms with E-state index in [1.807, 2.05) is 27.8 Å². The molecule has 3 N–H and O–H groups in total. The van der Waals surface area contributed by atoms with Crippen molar-refractivity contribution >= 4 is 5.91 Å². The summed E-state index contributed by atoms with van der Waals surface area (Å²) in [5.74, 6) is 0.0552. The van der Waals surface area contributed by atoms with Crippen LogP contribution in [-0.2, 0) is 9.53 Å². The SMILES string of the molecule is CCNC(=O)CC(CN)N(C)CCOC(C)C. The van der Waals surface area contributed by atoms with E-state index in [1.54, 1.807) is 0 Å². The number of carbonyl (C=O) groups is 1. The molecule has 5 heteroatoms. The van der Waals surface area contributed by atoms with Crippen LogP contribution in [0.3, 0.4) is 0 Å². The largest absolute Gasteiger partial charge is 0.377 e. The molecule has 0 spiro atoms. The van der Waals surface area contributed by atoms with Gasteiger partial charge in [0, 0.05) is 32.1 Å². The highest BCUT2D eigenvalue weighted by Crippen LogP contribution is 2.01. The maximum atomic E-state index is 11.5. The maximum absolute atomic E-state index is 11.5. The molecule has 0 rings (SSSR count). The van der Waals surface area contributed by atoms with Crippen molar-refractivity contribution in [2.24, 2.45) is 5.73 Å². The van der Waals surface area contributed by atoms with Gasteiger partial charge in [-0.15, -0.1) is 0 Å². The van der Waals surface area contributed by atoms with Crippen LogP contribution in [0.1, 0.15) is 27.2 Å². The zero-order valence-electron chi connectivity index (χ0n) is 11.5. The lowest BCUT2D eigenvalue weighted by atomic mass is 10.1. The lowest BCUT2D eigenvalue weighted by Crippen LogP contribution is -2.43. The molecular formula is C12H27N3O2. The third kappa shape index (κ3) is 8.12. The summed E-state index contributed by atoms with van der Waals surface area (Å²) in [5.41, 5.74) is 5.69. The Labute approximate surface area is 105 Å². The van der Waals surface area contributed by atoms with Crippen molar-refractivity contribution in [3.05, 3.63) is 0 Å². The van der Waals surface area contributed by atoms with Gasteiger partial charge in [-0.3, -0.25) is 9.69 Å². The third-order valence-electron chi connectivity index (χ3n) is 2.59. The molecule has 0 fully saturated rings. The van der Waals surface area contributed by atoms with E-state index in [9.17, 15) is 4.79 Å². The first kappa shape index (κ1) is 16.4. The molecule has 0 aromatic heterocycles. The van der Waals surface area contributed by atoms with Gasteiger partial charge in [-0.05, 0) is 27.8 Å². The normalized spacial score (nSPS) is 13.1. The molecule has 0 aliphatic rings. The molecule has 102 valence electrons. The van der Waals surface area contributed by atoms with Gasteiger partial charge in [0.2, 0.25) is 5.91 Å². The first-order valence-corrected chi connectivity index (χ1v) is 6.29. The fourth-order valence-corrected chi connectivity index (χ4v) is 1.52.